The van der Waals surface area contributed by atoms with Gasteiger partial charge in [0.2, 0.25) is 0 Å². The molecule has 0 radical (unpaired) electrons. The number of nitrogens with zero attached hydrogens (tertiary/aromatic N) is 1. The van der Waals surface area contributed by atoms with Crippen LogP contribution in [0.3, 0.4) is 0 Å². The van der Waals surface area contributed by atoms with Gasteiger partial charge in [-0.2, -0.15) is 0 Å². The standard InChI is InChI=1S/C25H25NO2/c27-24(21-9-5-2-6-10-21)22-15-17-26(18-16-22)25(28)23-13-11-20(12-14-23)19-7-3-1-4-8-19/h1-14,22,24,27H,15-18H2. The summed E-state index contributed by atoms with van der Waals surface area (Å²) >= 11 is 0. The van der Waals surface area contributed by atoms with E-state index in [1.54, 1.807) is 0 Å². The Labute approximate surface area is 166 Å². The van der Waals surface area contributed by atoms with Crippen LogP contribution in [0.5, 0.6) is 0 Å². The molecule has 3 aromatic rings. The van der Waals surface area contributed by atoms with Crippen molar-refractivity contribution in [2.45, 2.75) is 18.9 Å². The molecule has 0 bridgehead atoms. The molecule has 1 aliphatic rings. The van der Waals surface area contributed by atoms with Gasteiger partial charge in [0.25, 0.3) is 5.91 Å². The third-order valence-corrected chi connectivity index (χ3v) is 5.65. The summed E-state index contributed by atoms with van der Waals surface area (Å²) in [6.07, 6.45) is 1.19. The van der Waals surface area contributed by atoms with E-state index < -0.39 is 6.10 Å². The highest BCUT2D eigenvalue weighted by molar-refractivity contribution is 5.94. The van der Waals surface area contributed by atoms with E-state index in [-0.39, 0.29) is 11.8 Å². The van der Waals surface area contributed by atoms with Crippen LogP contribution < -0.4 is 0 Å². The Morgan fingerprint density at radius 1 is 0.786 bits per heavy atom. The highest BCUT2D eigenvalue weighted by Gasteiger charge is 2.28. The molecular formula is C25H25NO2. The number of benzene rings is 3. The van der Waals surface area contributed by atoms with Gasteiger partial charge in [-0.1, -0.05) is 72.8 Å². The average Bonchev–Trinajstić information content (AvgIpc) is 2.79. The van der Waals surface area contributed by atoms with Crippen molar-refractivity contribution < 1.29 is 9.90 Å². The summed E-state index contributed by atoms with van der Waals surface area (Å²) < 4.78 is 0. The third kappa shape index (κ3) is 4.00. The topological polar surface area (TPSA) is 40.5 Å². The van der Waals surface area contributed by atoms with Crippen molar-refractivity contribution in [1.82, 2.24) is 4.90 Å². The minimum Gasteiger partial charge on any atom is -0.388 e. The average molecular weight is 371 g/mol. The summed E-state index contributed by atoms with van der Waals surface area (Å²) in [5.41, 5.74) is 3.95. The van der Waals surface area contributed by atoms with Crippen LogP contribution in [0.4, 0.5) is 0 Å². The first-order chi connectivity index (χ1) is 13.7. The molecule has 1 heterocycles. The molecular weight excluding hydrogens is 346 g/mol. The van der Waals surface area contributed by atoms with Crippen LogP contribution in [0.2, 0.25) is 0 Å². The number of carbonyl (C=O) groups excluding carboxylic acids is 1. The third-order valence-electron chi connectivity index (χ3n) is 5.65. The maximum atomic E-state index is 12.9. The molecule has 1 atom stereocenters. The van der Waals surface area contributed by atoms with E-state index >= 15 is 0 Å². The van der Waals surface area contributed by atoms with E-state index in [2.05, 4.69) is 12.1 Å². The van der Waals surface area contributed by atoms with Crippen LogP contribution in [-0.4, -0.2) is 29.0 Å². The fourth-order valence-corrected chi connectivity index (χ4v) is 3.96. The van der Waals surface area contributed by atoms with Crippen molar-refractivity contribution in [2.75, 3.05) is 13.1 Å². The van der Waals surface area contributed by atoms with E-state index in [0.29, 0.717) is 13.1 Å². The van der Waals surface area contributed by atoms with Gasteiger partial charge in [-0.05, 0) is 47.6 Å². The van der Waals surface area contributed by atoms with E-state index in [1.165, 1.54) is 0 Å². The van der Waals surface area contributed by atoms with Crippen molar-refractivity contribution in [1.29, 1.82) is 0 Å². The number of hydrogen-bond donors (Lipinski definition) is 1. The van der Waals surface area contributed by atoms with Gasteiger partial charge < -0.3 is 10.0 Å². The zero-order valence-electron chi connectivity index (χ0n) is 15.9. The normalized spacial score (nSPS) is 16.0. The Balaban J connectivity index is 1.37. The highest BCUT2D eigenvalue weighted by Crippen LogP contribution is 2.31. The summed E-state index contributed by atoms with van der Waals surface area (Å²) in [5, 5.41) is 10.6. The summed E-state index contributed by atoms with van der Waals surface area (Å²) in [6.45, 7) is 1.38. The molecule has 1 fully saturated rings. The fraction of sp³-hybridized carbons (Fsp3) is 0.240. The molecule has 0 aromatic heterocycles. The van der Waals surface area contributed by atoms with Crippen LogP contribution in [0.1, 0.15) is 34.9 Å². The van der Waals surface area contributed by atoms with Crippen molar-refractivity contribution >= 4 is 5.91 Å². The summed E-state index contributed by atoms with van der Waals surface area (Å²) in [7, 11) is 0. The maximum Gasteiger partial charge on any atom is 0.253 e. The number of aliphatic hydroxyl groups is 1. The second-order valence-electron chi connectivity index (χ2n) is 7.43. The highest BCUT2D eigenvalue weighted by atomic mass is 16.3. The van der Waals surface area contributed by atoms with Crippen molar-refractivity contribution in [3.8, 4) is 11.1 Å². The van der Waals surface area contributed by atoms with E-state index in [4.69, 9.17) is 0 Å². The van der Waals surface area contributed by atoms with E-state index in [9.17, 15) is 9.90 Å². The first kappa shape index (κ1) is 18.5. The fourth-order valence-electron chi connectivity index (χ4n) is 3.96. The van der Waals surface area contributed by atoms with Gasteiger partial charge in [0.15, 0.2) is 0 Å². The number of aliphatic hydroxyl groups excluding tert-OH is 1. The Bertz CT molecular complexity index is 898. The van der Waals surface area contributed by atoms with Gasteiger partial charge >= 0.3 is 0 Å². The van der Waals surface area contributed by atoms with Crippen LogP contribution in [0.15, 0.2) is 84.9 Å². The number of hydrogen-bond acceptors (Lipinski definition) is 2. The van der Waals surface area contributed by atoms with Crippen molar-refractivity contribution in [3.63, 3.8) is 0 Å². The predicted molar refractivity (Wildman–Crippen MR) is 112 cm³/mol. The second-order valence-corrected chi connectivity index (χ2v) is 7.43. The summed E-state index contributed by atoms with van der Waals surface area (Å²) in [6, 6.07) is 27.8. The SMILES string of the molecule is O=C(c1ccc(-c2ccccc2)cc1)N1CCC(C(O)c2ccccc2)CC1. The maximum absolute atomic E-state index is 12.9. The van der Waals surface area contributed by atoms with Crippen molar-refractivity contribution in [2.24, 2.45) is 5.92 Å². The molecule has 142 valence electrons. The second kappa shape index (κ2) is 8.41. The van der Waals surface area contributed by atoms with Crippen LogP contribution >= 0.6 is 0 Å². The van der Waals surface area contributed by atoms with Crippen molar-refractivity contribution in [3.05, 3.63) is 96.1 Å². The lowest BCUT2D eigenvalue weighted by Crippen LogP contribution is -2.39. The quantitative estimate of drug-likeness (QED) is 0.706. The van der Waals surface area contributed by atoms with Crippen LogP contribution in [-0.2, 0) is 0 Å². The van der Waals surface area contributed by atoms with Gasteiger partial charge in [0, 0.05) is 18.7 Å². The molecule has 3 heteroatoms. The number of rotatable bonds is 4. The number of amides is 1. The van der Waals surface area contributed by atoms with Gasteiger partial charge in [0.1, 0.15) is 0 Å². The van der Waals surface area contributed by atoms with E-state index in [1.807, 2.05) is 77.7 Å². The monoisotopic (exact) mass is 371 g/mol. The lowest BCUT2D eigenvalue weighted by atomic mass is 9.87. The molecule has 1 amide bonds. The Morgan fingerprint density at radius 2 is 1.32 bits per heavy atom. The molecule has 1 aliphatic heterocycles. The Kier molecular flexibility index (Phi) is 5.54. The minimum absolute atomic E-state index is 0.0762. The molecule has 1 saturated heterocycles. The molecule has 3 aromatic carbocycles. The molecule has 4 rings (SSSR count). The number of likely N-dealkylation sites (tertiary alicyclic amines) is 1. The lowest BCUT2D eigenvalue weighted by molar-refractivity contribution is 0.0462. The zero-order valence-corrected chi connectivity index (χ0v) is 15.9. The minimum atomic E-state index is -0.455. The first-order valence-corrected chi connectivity index (χ1v) is 9.90. The molecule has 28 heavy (non-hydrogen) atoms. The predicted octanol–water partition coefficient (Wildman–Crippen LogP) is 4.94. The summed E-state index contributed by atoms with van der Waals surface area (Å²) in [4.78, 5) is 14.8. The zero-order chi connectivity index (χ0) is 19.3. The Hall–Kier alpha value is -2.91. The van der Waals surface area contributed by atoms with Crippen LogP contribution in [0.25, 0.3) is 11.1 Å². The summed E-state index contributed by atoms with van der Waals surface area (Å²) in [5.74, 6) is 0.277. The largest absolute Gasteiger partial charge is 0.388 e. The molecule has 0 aliphatic carbocycles. The number of piperidine rings is 1. The van der Waals surface area contributed by atoms with Gasteiger partial charge in [-0.25, -0.2) is 0 Å². The van der Waals surface area contributed by atoms with E-state index in [0.717, 1.165) is 35.1 Å². The molecule has 3 nitrogen and oxygen atoms in total. The first-order valence-electron chi connectivity index (χ1n) is 9.90. The molecule has 0 spiro atoms. The molecule has 1 N–H and O–H groups in total. The van der Waals surface area contributed by atoms with Gasteiger partial charge in [-0.3, -0.25) is 4.79 Å². The smallest absolute Gasteiger partial charge is 0.253 e. The lowest BCUT2D eigenvalue weighted by Gasteiger charge is -2.34. The van der Waals surface area contributed by atoms with Crippen LogP contribution in [0, 0.1) is 5.92 Å². The Morgan fingerprint density at radius 3 is 1.93 bits per heavy atom. The number of carbonyl (C=O) groups is 1. The van der Waals surface area contributed by atoms with Gasteiger partial charge in [-0.15, -0.1) is 0 Å². The van der Waals surface area contributed by atoms with Gasteiger partial charge in [0.05, 0.1) is 6.10 Å². The molecule has 1 unspecified atom stereocenters. The molecule has 0 saturated carbocycles.